The molecule has 0 bridgehead atoms. The van der Waals surface area contributed by atoms with Gasteiger partial charge in [0.15, 0.2) is 0 Å². The van der Waals surface area contributed by atoms with Crippen molar-refractivity contribution in [3.05, 3.63) is 0 Å². The van der Waals surface area contributed by atoms with Crippen molar-refractivity contribution in [2.24, 2.45) is 0 Å². The number of ether oxygens (including phenoxy) is 1. The number of nitrogens with zero attached hydrogens (tertiary/aromatic N) is 1. The summed E-state index contributed by atoms with van der Waals surface area (Å²) >= 11 is 0. The Balaban J connectivity index is 2.07. The minimum absolute atomic E-state index is 0.579. The summed E-state index contributed by atoms with van der Waals surface area (Å²) < 4.78 is 5.51. The third-order valence-electron chi connectivity index (χ3n) is 2.51. The average Bonchev–Trinajstić information content (AvgIpc) is 2.35. The van der Waals surface area contributed by atoms with E-state index >= 15 is 0 Å². The van der Waals surface area contributed by atoms with Gasteiger partial charge in [-0.2, -0.15) is 0 Å². The first-order valence-electron chi connectivity index (χ1n) is 3.70. The van der Waals surface area contributed by atoms with Crippen LogP contribution in [0.3, 0.4) is 0 Å². The van der Waals surface area contributed by atoms with Gasteiger partial charge in [0.2, 0.25) is 0 Å². The topological polar surface area (TPSA) is 12.5 Å². The monoisotopic (exact) mass is 127 g/mol. The first kappa shape index (κ1) is 5.69. The van der Waals surface area contributed by atoms with E-state index in [1.807, 2.05) is 0 Å². The minimum Gasteiger partial charge on any atom is -0.376 e. The molecule has 2 rings (SSSR count). The normalized spacial score (nSPS) is 43.7. The Hall–Kier alpha value is -0.0800. The maximum absolute atomic E-state index is 5.51. The first-order valence-corrected chi connectivity index (χ1v) is 3.70. The van der Waals surface area contributed by atoms with E-state index in [-0.39, 0.29) is 0 Å². The van der Waals surface area contributed by atoms with Crippen LogP contribution in [0.25, 0.3) is 0 Å². The zero-order chi connectivity index (χ0) is 6.27. The molecule has 2 heteroatoms. The summed E-state index contributed by atoms with van der Waals surface area (Å²) in [7, 11) is 2.19. The second-order valence-corrected chi connectivity index (χ2v) is 3.03. The fourth-order valence-corrected chi connectivity index (χ4v) is 1.91. The van der Waals surface area contributed by atoms with Crippen LogP contribution in [0, 0.1) is 0 Å². The molecule has 0 radical (unpaired) electrons. The highest BCUT2D eigenvalue weighted by molar-refractivity contribution is 4.89. The lowest BCUT2D eigenvalue weighted by atomic mass is 10.1. The summed E-state index contributed by atoms with van der Waals surface area (Å²) in [6.45, 7) is 2.22. The second-order valence-electron chi connectivity index (χ2n) is 3.03. The molecular weight excluding hydrogens is 114 g/mol. The molecule has 2 atom stereocenters. The first-order chi connectivity index (χ1) is 4.38. The van der Waals surface area contributed by atoms with E-state index in [2.05, 4.69) is 11.9 Å². The molecule has 0 aromatic rings. The number of likely N-dealkylation sites (tertiary alicyclic amines) is 1. The smallest absolute Gasteiger partial charge is 0.0743 e. The van der Waals surface area contributed by atoms with Gasteiger partial charge in [-0.05, 0) is 19.9 Å². The largest absolute Gasteiger partial charge is 0.376 e. The SMILES string of the molecule is CN1CC[C@H]2OCC[C@H]21. The number of hydrogen-bond acceptors (Lipinski definition) is 2. The number of likely N-dealkylation sites (N-methyl/N-ethyl adjacent to an activating group) is 1. The molecule has 0 spiro atoms. The maximum Gasteiger partial charge on any atom is 0.0743 e. The molecule has 0 aromatic heterocycles. The summed E-state index contributed by atoms with van der Waals surface area (Å²) in [5.41, 5.74) is 0. The summed E-state index contributed by atoms with van der Waals surface area (Å²) in [6, 6.07) is 0.755. The predicted molar refractivity (Wildman–Crippen MR) is 35.4 cm³/mol. The summed E-state index contributed by atoms with van der Waals surface area (Å²) in [5, 5.41) is 0. The van der Waals surface area contributed by atoms with Crippen molar-refractivity contribution >= 4 is 0 Å². The molecular formula is C7H13NO. The van der Waals surface area contributed by atoms with Crippen molar-refractivity contribution in [1.29, 1.82) is 0 Å². The minimum atomic E-state index is 0.579. The average molecular weight is 127 g/mol. The van der Waals surface area contributed by atoms with Crippen LogP contribution < -0.4 is 0 Å². The van der Waals surface area contributed by atoms with Gasteiger partial charge in [-0.3, -0.25) is 0 Å². The lowest BCUT2D eigenvalue weighted by molar-refractivity contribution is 0.108. The van der Waals surface area contributed by atoms with Crippen LogP contribution in [-0.4, -0.2) is 37.2 Å². The van der Waals surface area contributed by atoms with E-state index in [4.69, 9.17) is 4.74 Å². The Bertz CT molecular complexity index is 115. The molecule has 0 amide bonds. The predicted octanol–water partition coefficient (Wildman–Crippen LogP) is 0.479. The highest BCUT2D eigenvalue weighted by atomic mass is 16.5. The molecule has 2 aliphatic rings. The molecule has 2 fully saturated rings. The van der Waals surface area contributed by atoms with Gasteiger partial charge in [0.05, 0.1) is 6.10 Å². The summed E-state index contributed by atoms with van der Waals surface area (Å²) in [5.74, 6) is 0. The molecule has 2 heterocycles. The molecule has 9 heavy (non-hydrogen) atoms. The number of rotatable bonds is 0. The number of hydrogen-bond donors (Lipinski definition) is 0. The molecule has 2 aliphatic heterocycles. The standard InChI is InChI=1S/C7H13NO/c1-8-4-2-7-6(8)3-5-9-7/h6-7H,2-5H2,1H3/t6-,7-/m1/s1. The molecule has 52 valence electrons. The van der Waals surface area contributed by atoms with E-state index in [1.54, 1.807) is 0 Å². The van der Waals surface area contributed by atoms with Crippen molar-refractivity contribution in [2.75, 3.05) is 20.2 Å². The van der Waals surface area contributed by atoms with Crippen LogP contribution in [0.4, 0.5) is 0 Å². The van der Waals surface area contributed by atoms with Gasteiger partial charge in [-0.25, -0.2) is 0 Å². The Labute approximate surface area is 55.8 Å². The Morgan fingerprint density at radius 3 is 3.11 bits per heavy atom. The van der Waals surface area contributed by atoms with Gasteiger partial charge in [0.25, 0.3) is 0 Å². The third kappa shape index (κ3) is 0.775. The van der Waals surface area contributed by atoms with Gasteiger partial charge < -0.3 is 9.64 Å². The molecule has 0 saturated carbocycles. The summed E-state index contributed by atoms with van der Waals surface area (Å²) in [4.78, 5) is 2.41. The van der Waals surface area contributed by atoms with Crippen LogP contribution in [-0.2, 0) is 4.74 Å². The van der Waals surface area contributed by atoms with Crippen LogP contribution in [0.15, 0.2) is 0 Å². The molecule has 2 nitrogen and oxygen atoms in total. The lowest BCUT2D eigenvalue weighted by Gasteiger charge is -2.15. The van der Waals surface area contributed by atoms with Crippen molar-refractivity contribution in [3.8, 4) is 0 Å². The molecule has 0 N–H and O–H groups in total. The van der Waals surface area contributed by atoms with E-state index in [0.717, 1.165) is 12.6 Å². The van der Waals surface area contributed by atoms with Gasteiger partial charge in [-0.15, -0.1) is 0 Å². The van der Waals surface area contributed by atoms with E-state index in [1.165, 1.54) is 19.4 Å². The van der Waals surface area contributed by atoms with Gasteiger partial charge in [-0.1, -0.05) is 0 Å². The quantitative estimate of drug-likeness (QED) is 0.469. The zero-order valence-corrected chi connectivity index (χ0v) is 5.84. The van der Waals surface area contributed by atoms with Crippen molar-refractivity contribution < 1.29 is 4.74 Å². The fraction of sp³-hybridized carbons (Fsp3) is 1.00. The Morgan fingerprint density at radius 1 is 1.44 bits per heavy atom. The van der Waals surface area contributed by atoms with E-state index < -0.39 is 0 Å². The van der Waals surface area contributed by atoms with Gasteiger partial charge in [0, 0.05) is 19.2 Å². The van der Waals surface area contributed by atoms with Crippen LogP contribution in [0.2, 0.25) is 0 Å². The van der Waals surface area contributed by atoms with Crippen molar-refractivity contribution in [2.45, 2.75) is 25.0 Å². The third-order valence-corrected chi connectivity index (χ3v) is 2.51. The maximum atomic E-state index is 5.51. The van der Waals surface area contributed by atoms with Crippen molar-refractivity contribution in [3.63, 3.8) is 0 Å². The second kappa shape index (κ2) is 1.96. The van der Waals surface area contributed by atoms with Gasteiger partial charge >= 0.3 is 0 Å². The van der Waals surface area contributed by atoms with Crippen LogP contribution >= 0.6 is 0 Å². The van der Waals surface area contributed by atoms with E-state index in [0.29, 0.717) is 6.10 Å². The lowest BCUT2D eigenvalue weighted by Crippen LogP contribution is -2.27. The molecule has 2 saturated heterocycles. The number of fused-ring (bicyclic) bond motifs is 1. The summed E-state index contributed by atoms with van der Waals surface area (Å²) in [6.07, 6.45) is 3.08. The Kier molecular flexibility index (Phi) is 1.24. The Morgan fingerprint density at radius 2 is 2.33 bits per heavy atom. The molecule has 0 aromatic carbocycles. The van der Waals surface area contributed by atoms with Gasteiger partial charge in [0.1, 0.15) is 0 Å². The van der Waals surface area contributed by atoms with Crippen molar-refractivity contribution in [1.82, 2.24) is 4.90 Å². The van der Waals surface area contributed by atoms with E-state index in [9.17, 15) is 0 Å². The molecule has 0 aliphatic carbocycles. The molecule has 0 unspecified atom stereocenters. The zero-order valence-electron chi connectivity index (χ0n) is 5.84. The highest BCUT2D eigenvalue weighted by Crippen LogP contribution is 2.26. The van der Waals surface area contributed by atoms with Crippen LogP contribution in [0.1, 0.15) is 12.8 Å². The fourth-order valence-electron chi connectivity index (χ4n) is 1.91. The highest BCUT2D eigenvalue weighted by Gasteiger charge is 2.36. The van der Waals surface area contributed by atoms with Crippen LogP contribution in [0.5, 0.6) is 0 Å².